The predicted octanol–water partition coefficient (Wildman–Crippen LogP) is 3.15. The Bertz CT molecular complexity index is 502. The number of halogens is 1. The van der Waals surface area contributed by atoms with Crippen LogP contribution in [0, 0.1) is 6.92 Å². The summed E-state index contributed by atoms with van der Waals surface area (Å²) in [5.74, 6) is 0. The van der Waals surface area contributed by atoms with Crippen LogP contribution in [-0.2, 0) is 19.6 Å². The maximum absolute atomic E-state index is 5.85. The number of hydrogen-bond donors (Lipinski definition) is 1. The Labute approximate surface area is 113 Å². The minimum absolute atomic E-state index is 0.776. The molecule has 0 aliphatic heterocycles. The minimum Gasteiger partial charge on any atom is -0.307 e. The van der Waals surface area contributed by atoms with Gasteiger partial charge in [0.25, 0.3) is 0 Å². The van der Waals surface area contributed by atoms with Gasteiger partial charge in [0.05, 0.1) is 11.4 Å². The molecule has 2 aromatic rings. The molecule has 2 rings (SSSR count). The third kappa shape index (κ3) is 3.34. The van der Waals surface area contributed by atoms with Gasteiger partial charge in [-0.15, -0.1) is 0 Å². The van der Waals surface area contributed by atoms with Gasteiger partial charge in [0.1, 0.15) is 0 Å². The molecule has 3 nitrogen and oxygen atoms in total. The summed E-state index contributed by atoms with van der Waals surface area (Å²) in [6.07, 6.45) is 0. The molecule has 0 atom stereocenters. The van der Waals surface area contributed by atoms with Crippen LogP contribution in [0.1, 0.15) is 23.9 Å². The highest BCUT2D eigenvalue weighted by molar-refractivity contribution is 6.30. The second-order valence-corrected chi connectivity index (χ2v) is 4.76. The molecule has 0 radical (unpaired) electrons. The van der Waals surface area contributed by atoms with Gasteiger partial charge in [0, 0.05) is 24.7 Å². The number of hydrogen-bond acceptors (Lipinski definition) is 2. The van der Waals surface area contributed by atoms with Gasteiger partial charge in [-0.1, -0.05) is 23.7 Å². The quantitative estimate of drug-likeness (QED) is 0.898. The monoisotopic (exact) mass is 263 g/mol. The van der Waals surface area contributed by atoms with Gasteiger partial charge in [-0.2, -0.15) is 5.10 Å². The molecule has 4 heteroatoms. The van der Waals surface area contributed by atoms with Gasteiger partial charge in [0.2, 0.25) is 0 Å². The van der Waals surface area contributed by atoms with E-state index in [0.717, 1.165) is 30.4 Å². The van der Waals surface area contributed by atoms with E-state index in [1.54, 1.807) is 0 Å². The Balaban J connectivity index is 1.90. The third-order valence-electron chi connectivity index (χ3n) is 2.83. The zero-order valence-electron chi connectivity index (χ0n) is 10.8. The van der Waals surface area contributed by atoms with E-state index in [2.05, 4.69) is 23.4 Å². The number of nitrogens with zero attached hydrogens (tertiary/aromatic N) is 2. The van der Waals surface area contributed by atoms with Crippen molar-refractivity contribution in [3.63, 3.8) is 0 Å². The van der Waals surface area contributed by atoms with Crippen molar-refractivity contribution in [2.45, 2.75) is 33.5 Å². The zero-order valence-corrected chi connectivity index (χ0v) is 11.5. The first-order chi connectivity index (χ1) is 8.69. The van der Waals surface area contributed by atoms with Crippen LogP contribution < -0.4 is 5.32 Å². The fraction of sp³-hybridized carbons (Fsp3) is 0.357. The number of benzene rings is 1. The Morgan fingerprint density at radius 2 is 1.94 bits per heavy atom. The fourth-order valence-electron chi connectivity index (χ4n) is 1.95. The smallest absolute Gasteiger partial charge is 0.0597 e. The summed E-state index contributed by atoms with van der Waals surface area (Å²) in [6.45, 7) is 6.71. The van der Waals surface area contributed by atoms with Crippen molar-refractivity contribution in [1.82, 2.24) is 15.1 Å². The van der Waals surface area contributed by atoms with E-state index in [4.69, 9.17) is 11.6 Å². The zero-order chi connectivity index (χ0) is 13.0. The molecule has 0 aliphatic rings. The molecule has 0 bridgehead atoms. The molecule has 0 fully saturated rings. The Morgan fingerprint density at radius 3 is 2.61 bits per heavy atom. The van der Waals surface area contributed by atoms with E-state index >= 15 is 0 Å². The van der Waals surface area contributed by atoms with Crippen molar-refractivity contribution >= 4 is 11.6 Å². The lowest BCUT2D eigenvalue weighted by Gasteiger charge is -2.07. The highest BCUT2D eigenvalue weighted by Crippen LogP contribution is 2.09. The third-order valence-corrected chi connectivity index (χ3v) is 3.09. The molecule has 0 spiro atoms. The molecule has 0 unspecified atom stereocenters. The van der Waals surface area contributed by atoms with Crippen molar-refractivity contribution < 1.29 is 0 Å². The van der Waals surface area contributed by atoms with Crippen molar-refractivity contribution in [3.05, 3.63) is 52.3 Å². The average Bonchev–Trinajstić information content (AvgIpc) is 2.72. The normalized spacial score (nSPS) is 10.8. The molecule has 0 aliphatic carbocycles. The van der Waals surface area contributed by atoms with Gasteiger partial charge in [-0.05, 0) is 37.6 Å². The van der Waals surface area contributed by atoms with Crippen LogP contribution in [0.15, 0.2) is 30.3 Å². The van der Waals surface area contributed by atoms with E-state index in [9.17, 15) is 0 Å². The Morgan fingerprint density at radius 1 is 1.22 bits per heavy atom. The number of rotatable bonds is 5. The molecule has 1 aromatic carbocycles. The summed E-state index contributed by atoms with van der Waals surface area (Å²) >= 11 is 5.85. The highest BCUT2D eigenvalue weighted by atomic mass is 35.5. The maximum Gasteiger partial charge on any atom is 0.0597 e. The summed E-state index contributed by atoms with van der Waals surface area (Å²) in [5.41, 5.74) is 3.53. The first-order valence-electron chi connectivity index (χ1n) is 6.17. The summed E-state index contributed by atoms with van der Waals surface area (Å²) in [4.78, 5) is 0. The van der Waals surface area contributed by atoms with Gasteiger partial charge in [-0.3, -0.25) is 4.68 Å². The Kier molecular flexibility index (Phi) is 4.39. The summed E-state index contributed by atoms with van der Waals surface area (Å²) < 4.78 is 2.03. The van der Waals surface area contributed by atoms with Gasteiger partial charge in [0.15, 0.2) is 0 Å². The summed E-state index contributed by atoms with van der Waals surface area (Å²) in [6, 6.07) is 10.0. The molecular weight excluding hydrogens is 246 g/mol. The predicted molar refractivity (Wildman–Crippen MR) is 74.6 cm³/mol. The van der Waals surface area contributed by atoms with Crippen LogP contribution in [0.3, 0.4) is 0 Å². The van der Waals surface area contributed by atoms with Gasteiger partial charge in [-0.25, -0.2) is 0 Å². The summed E-state index contributed by atoms with van der Waals surface area (Å²) in [5, 5.41) is 8.62. The second kappa shape index (κ2) is 6.03. The Hall–Kier alpha value is -1.32. The van der Waals surface area contributed by atoms with E-state index in [1.165, 1.54) is 11.3 Å². The van der Waals surface area contributed by atoms with Crippen LogP contribution in [-0.4, -0.2) is 9.78 Å². The fourth-order valence-corrected chi connectivity index (χ4v) is 2.08. The minimum atomic E-state index is 0.776. The first-order valence-corrected chi connectivity index (χ1v) is 6.55. The van der Waals surface area contributed by atoms with E-state index in [-0.39, 0.29) is 0 Å². The molecule has 0 saturated heterocycles. The lowest BCUT2D eigenvalue weighted by Crippen LogP contribution is -2.16. The molecular formula is C14H18ClN3. The molecule has 1 N–H and O–H groups in total. The number of aryl methyl sites for hydroxylation is 2. The molecule has 0 amide bonds. The molecule has 0 saturated carbocycles. The van der Waals surface area contributed by atoms with Crippen molar-refractivity contribution in [1.29, 1.82) is 0 Å². The number of nitrogens with one attached hydrogen (secondary N) is 1. The topological polar surface area (TPSA) is 29.9 Å². The highest BCUT2D eigenvalue weighted by Gasteiger charge is 2.03. The van der Waals surface area contributed by atoms with Crippen LogP contribution in [0.4, 0.5) is 0 Å². The molecule has 96 valence electrons. The standard InChI is InChI=1S/C14H18ClN3/c1-3-18-14(8-11(2)17-18)10-16-9-12-4-6-13(15)7-5-12/h4-8,16H,3,9-10H2,1-2H3. The van der Waals surface area contributed by atoms with Crippen LogP contribution in [0.5, 0.6) is 0 Å². The second-order valence-electron chi connectivity index (χ2n) is 4.32. The molecule has 1 heterocycles. The first kappa shape index (κ1) is 13.1. The van der Waals surface area contributed by atoms with E-state index in [0.29, 0.717) is 0 Å². The lowest BCUT2D eigenvalue weighted by atomic mass is 10.2. The van der Waals surface area contributed by atoms with Crippen molar-refractivity contribution in [3.8, 4) is 0 Å². The van der Waals surface area contributed by atoms with E-state index < -0.39 is 0 Å². The van der Waals surface area contributed by atoms with Crippen molar-refractivity contribution in [2.75, 3.05) is 0 Å². The average molecular weight is 264 g/mol. The summed E-state index contributed by atoms with van der Waals surface area (Å²) in [7, 11) is 0. The van der Waals surface area contributed by atoms with Gasteiger partial charge < -0.3 is 5.32 Å². The lowest BCUT2D eigenvalue weighted by molar-refractivity contribution is 0.579. The van der Waals surface area contributed by atoms with Crippen LogP contribution >= 0.6 is 11.6 Å². The van der Waals surface area contributed by atoms with Gasteiger partial charge >= 0.3 is 0 Å². The van der Waals surface area contributed by atoms with Crippen LogP contribution in [0.25, 0.3) is 0 Å². The molecule has 18 heavy (non-hydrogen) atoms. The van der Waals surface area contributed by atoms with Crippen molar-refractivity contribution in [2.24, 2.45) is 0 Å². The molecule has 1 aromatic heterocycles. The number of aromatic nitrogens is 2. The van der Waals surface area contributed by atoms with E-state index in [1.807, 2.05) is 35.9 Å². The SMILES string of the molecule is CCn1nc(C)cc1CNCc1ccc(Cl)cc1. The largest absolute Gasteiger partial charge is 0.307 e. The maximum atomic E-state index is 5.85. The van der Waals surface area contributed by atoms with Crippen LogP contribution in [0.2, 0.25) is 5.02 Å².